The van der Waals surface area contributed by atoms with Gasteiger partial charge in [-0.15, -0.1) is 0 Å². The zero-order valence-electron chi connectivity index (χ0n) is 8.89. The molecular weight excluding hydrogens is 188 g/mol. The lowest BCUT2D eigenvalue weighted by Crippen LogP contribution is -2.27. The van der Waals surface area contributed by atoms with E-state index in [1.807, 2.05) is 7.05 Å². The highest BCUT2D eigenvalue weighted by Crippen LogP contribution is 2.27. The van der Waals surface area contributed by atoms with E-state index in [0.717, 1.165) is 13.0 Å². The van der Waals surface area contributed by atoms with Gasteiger partial charge in [0, 0.05) is 25.9 Å². The van der Waals surface area contributed by atoms with Crippen molar-refractivity contribution >= 4 is 5.78 Å². The molecule has 1 rings (SSSR count). The molecule has 2 atom stereocenters. The molecule has 2 nitrogen and oxygen atoms in total. The maximum Gasteiger partial charge on any atom is 0.302 e. The van der Waals surface area contributed by atoms with Gasteiger partial charge < -0.3 is 4.90 Å². The van der Waals surface area contributed by atoms with E-state index in [9.17, 15) is 13.6 Å². The minimum absolute atomic E-state index is 0.0121. The summed E-state index contributed by atoms with van der Waals surface area (Å²) in [5.74, 6) is -3.98. The third-order valence-corrected chi connectivity index (χ3v) is 2.94. The number of hydrogen-bond acceptors (Lipinski definition) is 2. The molecular formula is C10H17F2NO. The topological polar surface area (TPSA) is 20.3 Å². The fourth-order valence-corrected chi connectivity index (χ4v) is 1.91. The van der Waals surface area contributed by atoms with Gasteiger partial charge in [0.05, 0.1) is 0 Å². The molecule has 4 heteroatoms. The zero-order valence-corrected chi connectivity index (χ0v) is 8.89. The van der Waals surface area contributed by atoms with E-state index >= 15 is 0 Å². The molecule has 0 radical (unpaired) electrons. The van der Waals surface area contributed by atoms with Gasteiger partial charge in [-0.3, -0.25) is 4.79 Å². The van der Waals surface area contributed by atoms with Crippen LogP contribution in [-0.2, 0) is 4.79 Å². The minimum atomic E-state index is -3.16. The normalized spacial score (nSPS) is 29.5. The fraction of sp³-hybridized carbons (Fsp3) is 0.900. The maximum absolute atomic E-state index is 12.6. The van der Waals surface area contributed by atoms with Gasteiger partial charge in [0.25, 0.3) is 0 Å². The number of alkyl halides is 2. The minimum Gasteiger partial charge on any atom is -0.303 e. The molecule has 1 aliphatic rings. The standard InChI is InChI=1S/C10H17F2NO/c1-7-4-8(6-13(7)3)5-9(14)10(2,11)12/h7-8H,4-6H2,1-3H3/t7-,8?/m0/s1. The van der Waals surface area contributed by atoms with Gasteiger partial charge >= 0.3 is 5.92 Å². The molecule has 1 saturated heterocycles. The molecule has 0 aromatic carbocycles. The Morgan fingerprint density at radius 3 is 2.50 bits per heavy atom. The Morgan fingerprint density at radius 1 is 1.57 bits per heavy atom. The van der Waals surface area contributed by atoms with Crippen LogP contribution in [0.3, 0.4) is 0 Å². The van der Waals surface area contributed by atoms with Crippen LogP contribution in [0.5, 0.6) is 0 Å². The van der Waals surface area contributed by atoms with Gasteiger partial charge in [0.15, 0.2) is 0 Å². The predicted molar refractivity (Wildman–Crippen MR) is 50.4 cm³/mol. The molecule has 0 aliphatic carbocycles. The molecule has 0 saturated carbocycles. The third-order valence-electron chi connectivity index (χ3n) is 2.94. The Kier molecular flexibility index (Phi) is 3.24. The summed E-state index contributed by atoms with van der Waals surface area (Å²) >= 11 is 0. The molecule has 0 bridgehead atoms. The Hall–Kier alpha value is -0.510. The summed E-state index contributed by atoms with van der Waals surface area (Å²) in [5, 5.41) is 0. The molecule has 0 aromatic rings. The van der Waals surface area contributed by atoms with Crippen LogP contribution in [0.25, 0.3) is 0 Å². The van der Waals surface area contributed by atoms with Gasteiger partial charge in [0.1, 0.15) is 0 Å². The average molecular weight is 205 g/mol. The number of ketones is 1. The second kappa shape index (κ2) is 3.93. The average Bonchev–Trinajstić information content (AvgIpc) is 2.29. The van der Waals surface area contributed by atoms with Crippen LogP contribution < -0.4 is 0 Å². The maximum atomic E-state index is 12.6. The molecule has 0 spiro atoms. The number of hydrogen-bond donors (Lipinski definition) is 0. The first-order valence-corrected chi connectivity index (χ1v) is 4.92. The Morgan fingerprint density at radius 2 is 2.14 bits per heavy atom. The largest absolute Gasteiger partial charge is 0.303 e. The van der Waals surface area contributed by atoms with Crippen LogP contribution >= 0.6 is 0 Å². The summed E-state index contributed by atoms with van der Waals surface area (Å²) in [5.41, 5.74) is 0. The van der Waals surface area contributed by atoms with Crippen molar-refractivity contribution in [1.29, 1.82) is 0 Å². The predicted octanol–water partition coefficient (Wildman–Crippen LogP) is 1.94. The van der Waals surface area contributed by atoms with E-state index in [0.29, 0.717) is 13.0 Å². The van der Waals surface area contributed by atoms with Crippen molar-refractivity contribution < 1.29 is 13.6 Å². The lowest BCUT2D eigenvalue weighted by atomic mass is 9.97. The molecule has 1 aliphatic heterocycles. The molecule has 14 heavy (non-hydrogen) atoms. The Labute approximate surface area is 83.3 Å². The smallest absolute Gasteiger partial charge is 0.302 e. The van der Waals surface area contributed by atoms with E-state index in [1.165, 1.54) is 0 Å². The van der Waals surface area contributed by atoms with E-state index in [1.54, 1.807) is 0 Å². The van der Waals surface area contributed by atoms with Crippen molar-refractivity contribution in [1.82, 2.24) is 4.90 Å². The monoisotopic (exact) mass is 205 g/mol. The highest BCUT2D eigenvalue weighted by molar-refractivity contribution is 5.85. The number of nitrogens with zero attached hydrogens (tertiary/aromatic N) is 1. The first kappa shape index (κ1) is 11.6. The van der Waals surface area contributed by atoms with E-state index in [4.69, 9.17) is 0 Å². The van der Waals surface area contributed by atoms with Crippen molar-refractivity contribution in [3.05, 3.63) is 0 Å². The van der Waals surface area contributed by atoms with Gasteiger partial charge in [-0.05, 0) is 26.3 Å². The number of carbonyl (C=O) groups is 1. The van der Waals surface area contributed by atoms with Crippen LogP contribution in [0, 0.1) is 5.92 Å². The van der Waals surface area contributed by atoms with Crippen molar-refractivity contribution in [2.45, 2.75) is 38.7 Å². The van der Waals surface area contributed by atoms with Crippen molar-refractivity contribution in [2.75, 3.05) is 13.6 Å². The summed E-state index contributed by atoms with van der Waals surface area (Å²) in [6.07, 6.45) is 0.858. The number of Topliss-reactive ketones (excluding diaryl/α,β-unsaturated/α-hetero) is 1. The van der Waals surface area contributed by atoms with Crippen molar-refractivity contribution in [3.8, 4) is 0 Å². The summed E-state index contributed by atoms with van der Waals surface area (Å²) in [7, 11) is 1.96. The van der Waals surface area contributed by atoms with E-state index in [2.05, 4.69) is 11.8 Å². The lowest BCUT2D eigenvalue weighted by molar-refractivity contribution is -0.141. The second-order valence-corrected chi connectivity index (χ2v) is 4.41. The zero-order chi connectivity index (χ0) is 10.9. The number of rotatable bonds is 3. The molecule has 0 N–H and O–H groups in total. The summed E-state index contributed by atoms with van der Waals surface area (Å²) in [6.45, 7) is 3.48. The highest BCUT2D eigenvalue weighted by Gasteiger charge is 2.36. The molecule has 1 fully saturated rings. The first-order chi connectivity index (χ1) is 6.30. The summed E-state index contributed by atoms with van der Waals surface area (Å²) in [6, 6.07) is 0.401. The van der Waals surface area contributed by atoms with E-state index < -0.39 is 11.7 Å². The van der Waals surface area contributed by atoms with Crippen LogP contribution in [0.2, 0.25) is 0 Å². The van der Waals surface area contributed by atoms with Crippen molar-refractivity contribution in [2.24, 2.45) is 5.92 Å². The van der Waals surface area contributed by atoms with Gasteiger partial charge in [-0.25, -0.2) is 0 Å². The first-order valence-electron chi connectivity index (χ1n) is 4.92. The van der Waals surface area contributed by atoms with Crippen molar-refractivity contribution in [3.63, 3.8) is 0 Å². The highest BCUT2D eigenvalue weighted by atomic mass is 19.3. The van der Waals surface area contributed by atoms with Gasteiger partial charge in [-0.2, -0.15) is 8.78 Å². The third kappa shape index (κ3) is 2.74. The Bertz CT molecular complexity index is 215. The van der Waals surface area contributed by atoms with Crippen LogP contribution in [-0.4, -0.2) is 36.2 Å². The second-order valence-electron chi connectivity index (χ2n) is 4.41. The lowest BCUT2D eigenvalue weighted by Gasteiger charge is -2.13. The number of halogens is 2. The van der Waals surface area contributed by atoms with Crippen LogP contribution in [0.4, 0.5) is 8.78 Å². The quantitative estimate of drug-likeness (QED) is 0.701. The molecule has 82 valence electrons. The Balaban J connectivity index is 2.44. The van der Waals surface area contributed by atoms with Gasteiger partial charge in [-0.1, -0.05) is 0 Å². The number of carbonyl (C=O) groups excluding carboxylic acids is 1. The fourth-order valence-electron chi connectivity index (χ4n) is 1.91. The SMILES string of the molecule is C[C@H]1CC(CC(=O)C(C)(F)F)CN1C. The molecule has 1 heterocycles. The summed E-state index contributed by atoms with van der Waals surface area (Å²) < 4.78 is 25.2. The summed E-state index contributed by atoms with van der Waals surface area (Å²) in [4.78, 5) is 13.2. The van der Waals surface area contributed by atoms with Crippen LogP contribution in [0.15, 0.2) is 0 Å². The van der Waals surface area contributed by atoms with E-state index in [-0.39, 0.29) is 12.3 Å². The van der Waals surface area contributed by atoms with Gasteiger partial charge in [0.2, 0.25) is 5.78 Å². The molecule has 0 amide bonds. The number of likely N-dealkylation sites (tertiary alicyclic amines) is 1. The molecule has 0 aromatic heterocycles. The molecule has 1 unspecified atom stereocenters. The van der Waals surface area contributed by atoms with Crippen LogP contribution in [0.1, 0.15) is 26.7 Å².